The van der Waals surface area contributed by atoms with E-state index in [1.54, 1.807) is 6.07 Å². The normalized spacial score (nSPS) is 12.3. The van der Waals surface area contributed by atoms with Gasteiger partial charge in [0.05, 0.1) is 0 Å². The van der Waals surface area contributed by atoms with E-state index in [9.17, 15) is 15.0 Å². The Hall–Kier alpha value is -2.29. The fourth-order valence-electron chi connectivity index (χ4n) is 3.59. The number of hydrogen-bond donors (Lipinski definition) is 2. The van der Waals surface area contributed by atoms with Crippen molar-refractivity contribution in [3.63, 3.8) is 0 Å². The summed E-state index contributed by atoms with van der Waals surface area (Å²) in [6.45, 7) is 8.62. The van der Waals surface area contributed by atoms with Crippen LogP contribution in [0.25, 0.3) is 0 Å². The number of hydrogen-bond acceptors (Lipinski definition) is 2. The Balaban J connectivity index is 2.16. The quantitative estimate of drug-likeness (QED) is 0.450. The molecule has 2 aromatic rings. The molecule has 0 aromatic heterocycles. The topological polar surface area (TPSA) is 57.5 Å². The van der Waals surface area contributed by atoms with Crippen LogP contribution in [0.3, 0.4) is 0 Å². The average Bonchev–Trinajstić information content (AvgIpc) is 2.65. The van der Waals surface area contributed by atoms with Crippen LogP contribution in [0.4, 0.5) is 0 Å². The van der Waals surface area contributed by atoms with E-state index in [4.69, 9.17) is 0 Å². The van der Waals surface area contributed by atoms with Crippen LogP contribution in [0, 0.1) is 12.8 Å². The van der Waals surface area contributed by atoms with Crippen molar-refractivity contribution in [3.05, 3.63) is 64.2 Å². The summed E-state index contributed by atoms with van der Waals surface area (Å²) in [7, 11) is 0. The number of rotatable bonds is 10. The summed E-state index contributed by atoms with van der Waals surface area (Å²) in [6.07, 6.45) is 6.44. The zero-order chi connectivity index (χ0) is 20.7. The maximum absolute atomic E-state index is 11.6. The number of aromatic carboxylic acids is 1. The van der Waals surface area contributed by atoms with Gasteiger partial charge in [0.15, 0.2) is 0 Å². The van der Waals surface area contributed by atoms with Crippen LogP contribution in [0.1, 0.15) is 91.4 Å². The molecule has 1 unspecified atom stereocenters. The molecule has 0 aliphatic carbocycles. The zero-order valence-corrected chi connectivity index (χ0v) is 17.7. The van der Waals surface area contributed by atoms with E-state index in [-0.39, 0.29) is 17.2 Å². The lowest BCUT2D eigenvalue weighted by Gasteiger charge is -2.17. The van der Waals surface area contributed by atoms with Crippen molar-refractivity contribution in [1.29, 1.82) is 0 Å². The van der Waals surface area contributed by atoms with E-state index in [0.717, 1.165) is 35.4 Å². The summed E-state index contributed by atoms with van der Waals surface area (Å²) in [5.74, 6) is -0.339. The number of benzene rings is 2. The molecule has 152 valence electrons. The van der Waals surface area contributed by atoms with Gasteiger partial charge in [0, 0.05) is 5.92 Å². The molecule has 0 bridgehead atoms. The first-order valence-electron chi connectivity index (χ1n) is 10.4. The van der Waals surface area contributed by atoms with Gasteiger partial charge < -0.3 is 10.2 Å². The molecule has 0 amide bonds. The number of carboxylic acid groups (broad SMARTS) is 1. The van der Waals surface area contributed by atoms with Crippen molar-refractivity contribution >= 4 is 5.97 Å². The van der Waals surface area contributed by atoms with Crippen LogP contribution in [0.2, 0.25) is 0 Å². The van der Waals surface area contributed by atoms with Crippen LogP contribution < -0.4 is 0 Å². The molecule has 0 radical (unpaired) electrons. The van der Waals surface area contributed by atoms with Gasteiger partial charge in [0.25, 0.3) is 0 Å². The monoisotopic (exact) mass is 382 g/mol. The molecule has 0 aliphatic heterocycles. The van der Waals surface area contributed by atoms with Gasteiger partial charge in [-0.3, -0.25) is 0 Å². The van der Waals surface area contributed by atoms with Crippen molar-refractivity contribution in [2.45, 2.75) is 72.1 Å². The second-order valence-corrected chi connectivity index (χ2v) is 8.36. The molecule has 1 atom stereocenters. The Morgan fingerprint density at radius 1 is 0.929 bits per heavy atom. The molecule has 2 aromatic carbocycles. The Morgan fingerprint density at radius 2 is 1.57 bits per heavy atom. The molecule has 0 spiro atoms. The predicted molar refractivity (Wildman–Crippen MR) is 115 cm³/mol. The summed E-state index contributed by atoms with van der Waals surface area (Å²) in [6, 6.07) is 11.9. The molecule has 0 fully saturated rings. The van der Waals surface area contributed by atoms with Crippen LogP contribution in [-0.4, -0.2) is 16.2 Å². The van der Waals surface area contributed by atoms with Crippen molar-refractivity contribution in [1.82, 2.24) is 0 Å². The lowest BCUT2D eigenvalue weighted by Crippen LogP contribution is -2.05. The van der Waals surface area contributed by atoms with Gasteiger partial charge in [-0.15, -0.1) is 0 Å². The average molecular weight is 383 g/mol. The highest BCUT2D eigenvalue weighted by Crippen LogP contribution is 2.32. The maximum Gasteiger partial charge on any atom is 0.339 e. The highest BCUT2D eigenvalue weighted by Gasteiger charge is 2.18. The molecular weight excluding hydrogens is 348 g/mol. The summed E-state index contributed by atoms with van der Waals surface area (Å²) in [4.78, 5) is 11.6. The van der Waals surface area contributed by atoms with E-state index in [0.29, 0.717) is 6.42 Å². The van der Waals surface area contributed by atoms with E-state index in [2.05, 4.69) is 52.0 Å². The lowest BCUT2D eigenvalue weighted by molar-refractivity contribution is 0.0693. The van der Waals surface area contributed by atoms with Gasteiger partial charge in [-0.05, 0) is 48.4 Å². The molecule has 3 heteroatoms. The first kappa shape index (κ1) is 22.0. The highest BCUT2D eigenvalue weighted by molar-refractivity contribution is 5.91. The number of unbranched alkanes of at least 4 members (excludes halogenated alkanes) is 3. The first-order valence-corrected chi connectivity index (χ1v) is 10.4. The van der Waals surface area contributed by atoms with E-state index in [1.165, 1.54) is 24.8 Å². The summed E-state index contributed by atoms with van der Waals surface area (Å²) in [5.41, 5.74) is 4.04. The number of aryl methyl sites for hydroxylation is 2. The molecule has 28 heavy (non-hydrogen) atoms. The summed E-state index contributed by atoms with van der Waals surface area (Å²) < 4.78 is 0. The first-order chi connectivity index (χ1) is 13.3. The van der Waals surface area contributed by atoms with Gasteiger partial charge in [-0.1, -0.05) is 82.3 Å². The molecule has 0 saturated heterocycles. The molecule has 0 aliphatic rings. The molecular formula is C25H34O3. The van der Waals surface area contributed by atoms with E-state index >= 15 is 0 Å². The third kappa shape index (κ3) is 6.12. The van der Waals surface area contributed by atoms with Crippen LogP contribution in [0.15, 0.2) is 36.4 Å². The number of aromatic hydroxyl groups is 1. The largest absolute Gasteiger partial charge is 0.507 e. The maximum atomic E-state index is 11.6. The smallest absolute Gasteiger partial charge is 0.339 e. The van der Waals surface area contributed by atoms with Crippen molar-refractivity contribution in [3.8, 4) is 5.75 Å². The van der Waals surface area contributed by atoms with Gasteiger partial charge in [-0.25, -0.2) is 4.79 Å². The Morgan fingerprint density at radius 3 is 2.18 bits per heavy atom. The Labute approximate surface area is 169 Å². The van der Waals surface area contributed by atoms with Crippen molar-refractivity contribution in [2.24, 2.45) is 5.92 Å². The van der Waals surface area contributed by atoms with Crippen LogP contribution in [0.5, 0.6) is 5.75 Å². The Kier molecular flexibility index (Phi) is 8.10. The minimum Gasteiger partial charge on any atom is -0.507 e. The SMILES string of the molecule is Cc1ccc(C(C)c2cc(CCCCCCC(C)C)c(O)c(C(=O)O)c2)cc1. The lowest BCUT2D eigenvalue weighted by atomic mass is 9.88. The van der Waals surface area contributed by atoms with Gasteiger partial charge in [0.1, 0.15) is 11.3 Å². The minimum atomic E-state index is -1.08. The Bertz CT molecular complexity index is 775. The number of carboxylic acids is 1. The van der Waals surface area contributed by atoms with Crippen molar-refractivity contribution < 1.29 is 15.0 Å². The fraction of sp³-hybridized carbons (Fsp3) is 0.480. The van der Waals surface area contributed by atoms with Crippen LogP contribution in [-0.2, 0) is 6.42 Å². The standard InChI is InChI=1S/C25H34O3/c1-17(2)9-7-5-6-8-10-21-15-22(16-23(24(21)26)25(27)28)19(4)20-13-11-18(3)12-14-20/h11-17,19,26H,5-10H2,1-4H3,(H,27,28). The zero-order valence-electron chi connectivity index (χ0n) is 17.7. The third-order valence-electron chi connectivity index (χ3n) is 5.50. The summed E-state index contributed by atoms with van der Waals surface area (Å²) >= 11 is 0. The second kappa shape index (κ2) is 10.3. The molecule has 3 nitrogen and oxygen atoms in total. The van der Waals surface area contributed by atoms with Crippen molar-refractivity contribution in [2.75, 3.05) is 0 Å². The third-order valence-corrected chi connectivity index (χ3v) is 5.50. The van der Waals surface area contributed by atoms with Crippen LogP contribution >= 0.6 is 0 Å². The molecule has 2 N–H and O–H groups in total. The fourth-order valence-corrected chi connectivity index (χ4v) is 3.59. The molecule has 0 heterocycles. The molecule has 0 saturated carbocycles. The second-order valence-electron chi connectivity index (χ2n) is 8.36. The van der Waals surface area contributed by atoms with Gasteiger partial charge in [-0.2, -0.15) is 0 Å². The van der Waals surface area contributed by atoms with E-state index in [1.807, 2.05) is 6.07 Å². The number of phenols is 1. The van der Waals surface area contributed by atoms with E-state index < -0.39 is 5.97 Å². The minimum absolute atomic E-state index is 0.00581. The summed E-state index contributed by atoms with van der Waals surface area (Å²) in [5, 5.41) is 20.0. The number of carbonyl (C=O) groups is 1. The molecule has 2 rings (SSSR count). The highest BCUT2D eigenvalue weighted by atomic mass is 16.4. The van der Waals surface area contributed by atoms with Gasteiger partial charge in [0.2, 0.25) is 0 Å². The predicted octanol–water partition coefficient (Wildman–Crippen LogP) is 6.70. The van der Waals surface area contributed by atoms with Gasteiger partial charge >= 0.3 is 5.97 Å².